The Morgan fingerprint density at radius 2 is 2.31 bits per heavy atom. The number of hydrogen-bond acceptors (Lipinski definition) is 1. The summed E-state index contributed by atoms with van der Waals surface area (Å²) in [7, 11) is 1.74. The van der Waals surface area contributed by atoms with Crippen LogP contribution in [0.4, 0.5) is 0 Å². The molecular weight excluding hydrogens is 196 g/mol. The third-order valence-corrected chi connectivity index (χ3v) is 4.39. The number of hydrogen-bond donors (Lipinski definition) is 0. The normalized spacial score (nSPS) is 30.9. The molecule has 1 heteroatoms. The Balaban J connectivity index is 1.88. The predicted molar refractivity (Wildman–Crippen MR) is 65.8 cm³/mol. The molecule has 0 heterocycles. The van der Waals surface area contributed by atoms with Gasteiger partial charge in [0.15, 0.2) is 0 Å². The van der Waals surface area contributed by atoms with Crippen LogP contribution in [0.15, 0.2) is 30.9 Å². The Kier molecular flexibility index (Phi) is 2.10. The van der Waals surface area contributed by atoms with E-state index in [4.69, 9.17) is 4.74 Å². The molecule has 1 nitrogen and oxygen atoms in total. The number of ether oxygens (including phenoxy) is 1. The fourth-order valence-corrected chi connectivity index (χ4v) is 3.19. The minimum Gasteiger partial charge on any atom is -0.497 e. The van der Waals surface area contributed by atoms with Crippen molar-refractivity contribution in [3.63, 3.8) is 0 Å². The average Bonchev–Trinajstić information content (AvgIpc) is 3.01. The van der Waals surface area contributed by atoms with Crippen LogP contribution in [0.3, 0.4) is 0 Å². The first kappa shape index (κ1) is 9.95. The maximum absolute atomic E-state index is 5.27. The van der Waals surface area contributed by atoms with Crippen LogP contribution in [-0.4, -0.2) is 7.11 Å². The van der Waals surface area contributed by atoms with Crippen molar-refractivity contribution in [1.82, 2.24) is 0 Å². The number of rotatable bonds is 2. The van der Waals surface area contributed by atoms with Gasteiger partial charge in [0.25, 0.3) is 0 Å². The summed E-state index contributed by atoms with van der Waals surface area (Å²) in [6.45, 7) is 3.94. The Labute approximate surface area is 97.1 Å². The molecule has 1 aromatic carbocycles. The van der Waals surface area contributed by atoms with Crippen molar-refractivity contribution in [2.75, 3.05) is 7.11 Å². The van der Waals surface area contributed by atoms with Gasteiger partial charge in [-0.2, -0.15) is 0 Å². The van der Waals surface area contributed by atoms with Crippen LogP contribution in [0.2, 0.25) is 0 Å². The fraction of sp³-hybridized carbons (Fsp3) is 0.467. The highest BCUT2D eigenvalue weighted by Gasteiger charge is 2.52. The molecule has 2 aliphatic rings. The number of fused-ring (bicyclic) bond motifs is 1. The third-order valence-electron chi connectivity index (χ3n) is 4.39. The summed E-state index contributed by atoms with van der Waals surface area (Å²) in [5.41, 5.74) is 3.58. The molecule has 3 rings (SSSR count). The Bertz CT molecular complexity index is 435. The highest BCUT2D eigenvalue weighted by Crippen LogP contribution is 2.60. The summed E-state index contributed by atoms with van der Waals surface area (Å²) in [5.74, 6) is 1.76. The SMILES string of the molecule is C=C[C@@H]1C[C@]12CCc1cc(OC)ccc1C2. The maximum Gasteiger partial charge on any atom is 0.119 e. The summed E-state index contributed by atoms with van der Waals surface area (Å²) < 4.78 is 5.27. The quantitative estimate of drug-likeness (QED) is 0.686. The first-order chi connectivity index (χ1) is 7.77. The zero-order valence-electron chi connectivity index (χ0n) is 9.83. The highest BCUT2D eigenvalue weighted by atomic mass is 16.5. The van der Waals surface area contributed by atoms with E-state index in [0.29, 0.717) is 5.41 Å². The zero-order chi connectivity index (χ0) is 11.2. The monoisotopic (exact) mass is 214 g/mol. The van der Waals surface area contributed by atoms with Crippen LogP contribution in [0, 0.1) is 11.3 Å². The Hall–Kier alpha value is -1.24. The molecule has 0 saturated heterocycles. The third kappa shape index (κ3) is 1.38. The van der Waals surface area contributed by atoms with Crippen molar-refractivity contribution < 1.29 is 4.74 Å². The van der Waals surface area contributed by atoms with E-state index in [2.05, 4.69) is 30.9 Å². The van der Waals surface area contributed by atoms with E-state index in [1.807, 2.05) is 0 Å². The topological polar surface area (TPSA) is 9.23 Å². The molecule has 0 radical (unpaired) electrons. The van der Waals surface area contributed by atoms with E-state index >= 15 is 0 Å². The van der Waals surface area contributed by atoms with Gasteiger partial charge in [0.1, 0.15) is 5.75 Å². The lowest BCUT2D eigenvalue weighted by atomic mass is 9.80. The number of aryl methyl sites for hydroxylation is 1. The van der Waals surface area contributed by atoms with Crippen molar-refractivity contribution in [3.05, 3.63) is 42.0 Å². The molecule has 1 fully saturated rings. The molecule has 1 spiro atoms. The molecule has 1 aromatic rings. The molecule has 0 aliphatic heterocycles. The smallest absolute Gasteiger partial charge is 0.119 e. The minimum atomic E-state index is 0.573. The van der Waals surface area contributed by atoms with Gasteiger partial charge in [-0.05, 0) is 60.3 Å². The van der Waals surface area contributed by atoms with Crippen LogP contribution in [-0.2, 0) is 12.8 Å². The van der Waals surface area contributed by atoms with Gasteiger partial charge in [-0.25, -0.2) is 0 Å². The van der Waals surface area contributed by atoms with E-state index < -0.39 is 0 Å². The van der Waals surface area contributed by atoms with Crippen LogP contribution in [0.25, 0.3) is 0 Å². The molecule has 2 aliphatic carbocycles. The predicted octanol–water partition coefficient (Wildman–Crippen LogP) is 3.38. The lowest BCUT2D eigenvalue weighted by Gasteiger charge is -2.25. The van der Waals surface area contributed by atoms with Gasteiger partial charge in [-0.1, -0.05) is 12.1 Å². The largest absolute Gasteiger partial charge is 0.497 e. The fourth-order valence-electron chi connectivity index (χ4n) is 3.19. The van der Waals surface area contributed by atoms with E-state index in [1.165, 1.54) is 36.8 Å². The van der Waals surface area contributed by atoms with Crippen LogP contribution in [0.1, 0.15) is 24.0 Å². The Morgan fingerprint density at radius 1 is 1.44 bits per heavy atom. The highest BCUT2D eigenvalue weighted by molar-refractivity contribution is 5.39. The van der Waals surface area contributed by atoms with E-state index in [1.54, 1.807) is 7.11 Å². The first-order valence-corrected chi connectivity index (χ1v) is 6.06. The number of allylic oxidation sites excluding steroid dienone is 1. The van der Waals surface area contributed by atoms with Crippen molar-refractivity contribution in [3.8, 4) is 5.75 Å². The second kappa shape index (κ2) is 3.38. The zero-order valence-corrected chi connectivity index (χ0v) is 9.83. The lowest BCUT2D eigenvalue weighted by Crippen LogP contribution is -2.17. The number of methoxy groups -OCH3 is 1. The molecule has 16 heavy (non-hydrogen) atoms. The summed E-state index contributed by atoms with van der Waals surface area (Å²) >= 11 is 0. The average molecular weight is 214 g/mol. The Morgan fingerprint density at radius 3 is 3.00 bits per heavy atom. The number of benzene rings is 1. The van der Waals surface area contributed by atoms with Crippen molar-refractivity contribution in [2.45, 2.75) is 25.7 Å². The molecule has 1 saturated carbocycles. The summed E-state index contributed by atoms with van der Waals surface area (Å²) in [6, 6.07) is 6.53. The van der Waals surface area contributed by atoms with Crippen LogP contribution >= 0.6 is 0 Å². The van der Waals surface area contributed by atoms with Gasteiger partial charge in [0.05, 0.1) is 7.11 Å². The van der Waals surface area contributed by atoms with Gasteiger partial charge in [0, 0.05) is 0 Å². The van der Waals surface area contributed by atoms with Gasteiger partial charge >= 0.3 is 0 Å². The summed E-state index contributed by atoms with van der Waals surface area (Å²) in [5, 5.41) is 0. The summed E-state index contributed by atoms with van der Waals surface area (Å²) in [6.07, 6.45) is 7.26. The van der Waals surface area contributed by atoms with E-state index in [-0.39, 0.29) is 0 Å². The molecule has 0 N–H and O–H groups in total. The van der Waals surface area contributed by atoms with E-state index in [0.717, 1.165) is 11.7 Å². The first-order valence-electron chi connectivity index (χ1n) is 6.06. The molecule has 0 amide bonds. The van der Waals surface area contributed by atoms with Gasteiger partial charge in [-0.15, -0.1) is 6.58 Å². The van der Waals surface area contributed by atoms with Crippen molar-refractivity contribution in [1.29, 1.82) is 0 Å². The lowest BCUT2D eigenvalue weighted by molar-refractivity contribution is 0.401. The molecule has 0 aromatic heterocycles. The van der Waals surface area contributed by atoms with Crippen LogP contribution < -0.4 is 4.74 Å². The second-order valence-corrected chi connectivity index (χ2v) is 5.22. The minimum absolute atomic E-state index is 0.573. The van der Waals surface area contributed by atoms with Gasteiger partial charge in [0.2, 0.25) is 0 Å². The van der Waals surface area contributed by atoms with Gasteiger partial charge < -0.3 is 4.74 Å². The standard InChI is InChI=1S/C15H18O/c1-3-13-10-15(13)7-6-11-8-14(16-2)5-4-12(11)9-15/h3-5,8,13H,1,6-7,9-10H2,2H3/t13-,15-/m1/s1. The summed E-state index contributed by atoms with van der Waals surface area (Å²) in [4.78, 5) is 0. The second-order valence-electron chi connectivity index (χ2n) is 5.22. The maximum atomic E-state index is 5.27. The molecule has 84 valence electrons. The van der Waals surface area contributed by atoms with Crippen LogP contribution in [0.5, 0.6) is 5.75 Å². The molecule has 0 bridgehead atoms. The molecular formula is C15H18O. The molecule has 0 unspecified atom stereocenters. The van der Waals surface area contributed by atoms with Crippen molar-refractivity contribution in [2.24, 2.45) is 11.3 Å². The van der Waals surface area contributed by atoms with E-state index in [9.17, 15) is 0 Å². The molecule has 2 atom stereocenters. The van der Waals surface area contributed by atoms with Crippen molar-refractivity contribution >= 4 is 0 Å². The van der Waals surface area contributed by atoms with Gasteiger partial charge in [-0.3, -0.25) is 0 Å².